The third-order valence-electron chi connectivity index (χ3n) is 6.81. The Hall–Kier alpha value is -3.42. The zero-order valence-corrected chi connectivity index (χ0v) is 21.2. The fraction of sp³-hybridized carbons (Fsp3) is 0.333. The Morgan fingerprint density at radius 3 is 2.18 bits per heavy atom. The molecule has 1 unspecified atom stereocenters. The van der Waals surface area contributed by atoms with Crippen molar-refractivity contribution in [3.63, 3.8) is 0 Å². The molecule has 0 spiro atoms. The summed E-state index contributed by atoms with van der Waals surface area (Å²) < 4.78 is 97.3. The Kier molecular flexibility index (Phi) is 8.69. The summed E-state index contributed by atoms with van der Waals surface area (Å²) in [5.41, 5.74) is 0.899. The molecule has 202 valence electrons. The van der Waals surface area contributed by atoms with Crippen LogP contribution in [0.1, 0.15) is 67.2 Å². The Morgan fingerprint density at radius 2 is 1.47 bits per heavy atom. The van der Waals surface area contributed by atoms with Crippen LogP contribution in [0.2, 0.25) is 0 Å². The molecule has 0 heterocycles. The van der Waals surface area contributed by atoms with Gasteiger partial charge in [-0.25, -0.2) is 17.6 Å². The summed E-state index contributed by atoms with van der Waals surface area (Å²) in [5, 5.41) is 0. The van der Waals surface area contributed by atoms with Gasteiger partial charge in [-0.05, 0) is 79.5 Å². The van der Waals surface area contributed by atoms with Crippen molar-refractivity contribution in [3.05, 3.63) is 99.6 Å². The Labute approximate surface area is 217 Å². The minimum atomic E-state index is -1.25. The molecule has 8 heteroatoms. The third kappa shape index (κ3) is 5.69. The number of halogens is 6. The molecule has 2 nitrogen and oxygen atoms in total. The third-order valence-corrected chi connectivity index (χ3v) is 6.81. The van der Waals surface area contributed by atoms with E-state index in [1.165, 1.54) is 37.3 Å². The number of allylic oxidation sites excluding steroid dienone is 2. The maximum atomic E-state index is 14.9. The molecule has 1 aliphatic rings. The number of hydrogen-bond acceptors (Lipinski definition) is 2. The number of aryl methyl sites for hydroxylation is 1. The molecule has 1 atom stereocenters. The van der Waals surface area contributed by atoms with Crippen LogP contribution in [0.15, 0.2) is 42.5 Å². The highest BCUT2D eigenvalue weighted by Gasteiger charge is 2.25. The standard InChI is InChI=1S/C30H28F6O2/c1-3-4-15-37-23-13-10-20(26(32)29(23)35)16-38-24-14-12-22(28(34)30(24)36)19-8-6-18(7-9-19)21-11-5-17(2)25(31)27(21)33/h5,8,10-14,18H,3-4,6-7,9,15-16H2,1-2H3. The first-order valence-corrected chi connectivity index (χ1v) is 12.6. The molecule has 38 heavy (non-hydrogen) atoms. The van der Waals surface area contributed by atoms with Crippen LogP contribution in [-0.2, 0) is 6.61 Å². The van der Waals surface area contributed by atoms with Crippen LogP contribution in [0, 0.1) is 41.8 Å². The van der Waals surface area contributed by atoms with E-state index in [2.05, 4.69) is 0 Å². The van der Waals surface area contributed by atoms with E-state index in [0.29, 0.717) is 31.3 Å². The summed E-state index contributed by atoms with van der Waals surface area (Å²) in [4.78, 5) is 0. The largest absolute Gasteiger partial charge is 0.490 e. The van der Waals surface area contributed by atoms with Gasteiger partial charge < -0.3 is 9.47 Å². The molecule has 0 N–H and O–H groups in total. The first-order valence-electron chi connectivity index (χ1n) is 12.6. The smallest absolute Gasteiger partial charge is 0.201 e. The van der Waals surface area contributed by atoms with Gasteiger partial charge in [0, 0.05) is 11.1 Å². The molecule has 3 aromatic carbocycles. The van der Waals surface area contributed by atoms with Crippen molar-refractivity contribution in [1.29, 1.82) is 0 Å². The maximum Gasteiger partial charge on any atom is 0.201 e. The van der Waals surface area contributed by atoms with Crippen LogP contribution in [0.3, 0.4) is 0 Å². The van der Waals surface area contributed by atoms with Crippen molar-refractivity contribution in [2.75, 3.05) is 6.61 Å². The molecule has 3 aromatic rings. The topological polar surface area (TPSA) is 18.5 Å². The minimum absolute atomic E-state index is 0.0367. The summed E-state index contributed by atoms with van der Waals surface area (Å²) in [5.74, 6) is -7.42. The SMILES string of the molecule is CCCCOc1ccc(COc2ccc(C3=CCC(c4ccc(C)c(F)c4F)CC3)c(F)c2F)c(F)c1F. The summed E-state index contributed by atoms with van der Waals surface area (Å²) in [7, 11) is 0. The van der Waals surface area contributed by atoms with Crippen molar-refractivity contribution in [2.45, 2.75) is 58.5 Å². The second-order valence-corrected chi connectivity index (χ2v) is 9.38. The van der Waals surface area contributed by atoms with Crippen LogP contribution in [0.5, 0.6) is 11.5 Å². The average molecular weight is 535 g/mol. The molecule has 4 rings (SSSR count). The van der Waals surface area contributed by atoms with Crippen molar-refractivity contribution < 1.29 is 35.8 Å². The maximum absolute atomic E-state index is 14.9. The summed E-state index contributed by atoms with van der Waals surface area (Å²) in [6, 6.07) is 8.21. The normalized spacial score (nSPS) is 15.4. The lowest BCUT2D eigenvalue weighted by Crippen LogP contribution is -2.09. The van der Waals surface area contributed by atoms with Gasteiger partial charge in [-0.2, -0.15) is 8.78 Å². The van der Waals surface area contributed by atoms with E-state index < -0.39 is 47.3 Å². The highest BCUT2D eigenvalue weighted by Crippen LogP contribution is 2.39. The van der Waals surface area contributed by atoms with Gasteiger partial charge in [-0.15, -0.1) is 0 Å². The zero-order chi connectivity index (χ0) is 27.4. The Bertz CT molecular complexity index is 1350. The van der Waals surface area contributed by atoms with Crippen LogP contribution < -0.4 is 9.47 Å². The van der Waals surface area contributed by atoms with Gasteiger partial charge in [0.25, 0.3) is 0 Å². The zero-order valence-electron chi connectivity index (χ0n) is 21.2. The fourth-order valence-corrected chi connectivity index (χ4v) is 4.51. The van der Waals surface area contributed by atoms with Gasteiger partial charge in [0.05, 0.1) is 6.61 Å². The van der Waals surface area contributed by atoms with Crippen LogP contribution >= 0.6 is 0 Å². The second kappa shape index (κ2) is 12.0. The van der Waals surface area contributed by atoms with E-state index in [9.17, 15) is 26.3 Å². The molecule has 0 aliphatic heterocycles. The van der Waals surface area contributed by atoms with Crippen molar-refractivity contribution in [1.82, 2.24) is 0 Å². The van der Waals surface area contributed by atoms with Gasteiger partial charge in [-0.3, -0.25) is 0 Å². The second-order valence-electron chi connectivity index (χ2n) is 9.38. The molecule has 0 bridgehead atoms. The quantitative estimate of drug-likeness (QED) is 0.202. The monoisotopic (exact) mass is 534 g/mol. The lowest BCUT2D eigenvalue weighted by Gasteiger charge is -2.24. The number of ether oxygens (including phenoxy) is 2. The van der Waals surface area contributed by atoms with Crippen LogP contribution in [-0.4, -0.2) is 6.61 Å². The van der Waals surface area contributed by atoms with Gasteiger partial charge >= 0.3 is 0 Å². The molecule has 0 radical (unpaired) electrons. The molecule has 0 saturated carbocycles. The van der Waals surface area contributed by atoms with E-state index in [1.54, 1.807) is 12.1 Å². The van der Waals surface area contributed by atoms with Crippen molar-refractivity contribution in [3.8, 4) is 11.5 Å². The number of hydrogen-bond donors (Lipinski definition) is 0. The predicted octanol–water partition coefficient (Wildman–Crippen LogP) is 8.94. The molecular weight excluding hydrogens is 506 g/mol. The first-order chi connectivity index (χ1) is 18.2. The van der Waals surface area contributed by atoms with E-state index in [1.807, 2.05) is 6.92 Å². The molecular formula is C30H28F6O2. The first kappa shape index (κ1) is 27.6. The van der Waals surface area contributed by atoms with Crippen molar-refractivity contribution in [2.24, 2.45) is 0 Å². The average Bonchev–Trinajstić information content (AvgIpc) is 2.92. The number of rotatable bonds is 9. The van der Waals surface area contributed by atoms with Crippen molar-refractivity contribution >= 4 is 5.57 Å². The van der Waals surface area contributed by atoms with Gasteiger partial charge in [0.15, 0.2) is 34.8 Å². The molecule has 0 amide bonds. The highest BCUT2D eigenvalue weighted by molar-refractivity contribution is 5.68. The lowest BCUT2D eigenvalue weighted by molar-refractivity contribution is 0.270. The van der Waals surface area contributed by atoms with E-state index in [-0.39, 0.29) is 40.5 Å². The fourth-order valence-electron chi connectivity index (χ4n) is 4.51. The molecule has 0 aromatic heterocycles. The molecule has 0 fully saturated rings. The predicted molar refractivity (Wildman–Crippen MR) is 133 cm³/mol. The summed E-state index contributed by atoms with van der Waals surface area (Å²) in [6.45, 7) is 3.16. The van der Waals surface area contributed by atoms with Gasteiger partial charge in [-0.1, -0.05) is 31.6 Å². The van der Waals surface area contributed by atoms with Crippen LogP contribution in [0.25, 0.3) is 5.57 Å². The highest BCUT2D eigenvalue weighted by atomic mass is 19.2. The summed E-state index contributed by atoms with van der Waals surface area (Å²) >= 11 is 0. The molecule has 1 aliphatic carbocycles. The number of benzene rings is 3. The van der Waals surface area contributed by atoms with Gasteiger partial charge in [0.1, 0.15) is 6.61 Å². The lowest BCUT2D eigenvalue weighted by atomic mass is 9.82. The van der Waals surface area contributed by atoms with E-state index in [0.717, 1.165) is 6.42 Å². The minimum Gasteiger partial charge on any atom is -0.490 e. The van der Waals surface area contributed by atoms with E-state index >= 15 is 0 Å². The Morgan fingerprint density at radius 1 is 0.763 bits per heavy atom. The van der Waals surface area contributed by atoms with Gasteiger partial charge in [0.2, 0.25) is 11.6 Å². The van der Waals surface area contributed by atoms with E-state index in [4.69, 9.17) is 9.47 Å². The van der Waals surface area contributed by atoms with Crippen LogP contribution in [0.4, 0.5) is 26.3 Å². The molecule has 0 saturated heterocycles. The Balaban J connectivity index is 1.45. The summed E-state index contributed by atoms with van der Waals surface area (Å²) in [6.07, 6.45) is 4.35. The number of unbranched alkanes of at least 4 members (excludes halogenated alkanes) is 1.